The van der Waals surface area contributed by atoms with Crippen molar-refractivity contribution in [1.29, 1.82) is 0 Å². The second-order valence-electron chi connectivity index (χ2n) is 0. The predicted molar refractivity (Wildman–Crippen MR) is 0 cm³/mol. The van der Waals surface area contributed by atoms with Gasteiger partial charge in [-0.25, -0.2) is 0 Å². The zero-order chi connectivity index (χ0) is 0. The summed E-state index contributed by atoms with van der Waals surface area (Å²) >= 11 is 0. The first kappa shape index (κ1) is 32.2. The van der Waals surface area contributed by atoms with Crippen LogP contribution >= 0.6 is 0 Å². The van der Waals surface area contributed by atoms with Crippen LogP contribution in [0.1, 0.15) is 0 Å². The van der Waals surface area contributed by atoms with E-state index in [2.05, 4.69) is 0 Å². The van der Waals surface area contributed by atoms with E-state index in [9.17, 15) is 0 Å². The smallest absolute Gasteiger partial charge is 0 e. The van der Waals surface area contributed by atoms with Gasteiger partial charge in [0, 0.05) is 76.8 Å². The van der Waals surface area contributed by atoms with Crippen LogP contribution in [0, 0.1) is 0 Å². The van der Waals surface area contributed by atoms with Crippen LogP contribution in [0.25, 0.3) is 0 Å². The van der Waals surface area contributed by atoms with Crippen LogP contribution in [0.3, 0.4) is 0 Å². The van der Waals surface area contributed by atoms with Gasteiger partial charge in [0.2, 0.25) is 0 Å². The van der Waals surface area contributed by atoms with Crippen LogP contribution in [0.2, 0.25) is 0 Å². The maximum absolute atomic E-state index is 0. The SMILES string of the molecule is [Cu].[Fe].[Ni].[Zr]. The Morgan fingerprint density at radius 2 is 1.00 bits per heavy atom. The molecular formula is CuFeNiZr. The van der Waals surface area contributed by atoms with E-state index in [1.54, 1.807) is 0 Å². The van der Waals surface area contributed by atoms with Gasteiger partial charge in [0.1, 0.15) is 0 Å². The number of rotatable bonds is 0. The Hall–Kier alpha value is 2.42. The van der Waals surface area contributed by atoms with Crippen molar-refractivity contribution in [3.8, 4) is 0 Å². The summed E-state index contributed by atoms with van der Waals surface area (Å²) in [7, 11) is 0. The van der Waals surface area contributed by atoms with Crippen molar-refractivity contribution >= 4 is 0 Å². The van der Waals surface area contributed by atoms with Gasteiger partial charge in [-0.05, 0) is 0 Å². The van der Waals surface area contributed by atoms with E-state index in [0.29, 0.717) is 0 Å². The molecule has 4 heteroatoms. The third-order valence-corrected chi connectivity index (χ3v) is 0. The Labute approximate surface area is 75.9 Å². The molecule has 0 amide bonds. The second kappa shape index (κ2) is 18.1. The van der Waals surface area contributed by atoms with Crippen LogP contribution in [-0.4, -0.2) is 0 Å². The normalized spacial score (nSPS) is 0. The van der Waals surface area contributed by atoms with Crippen molar-refractivity contribution < 1.29 is 76.8 Å². The minimum Gasteiger partial charge on any atom is 0 e. The van der Waals surface area contributed by atoms with E-state index >= 15 is 0 Å². The summed E-state index contributed by atoms with van der Waals surface area (Å²) in [6, 6.07) is 0. The molecule has 0 unspecified atom stereocenters. The van der Waals surface area contributed by atoms with E-state index in [0.717, 1.165) is 0 Å². The molecule has 0 saturated carbocycles. The molecule has 0 atom stereocenters. The van der Waals surface area contributed by atoms with Crippen LogP contribution < -0.4 is 0 Å². The standard InChI is InChI=1S/Cu.Fe.Ni.Zr. The van der Waals surface area contributed by atoms with Gasteiger partial charge < -0.3 is 0 Å². The molecule has 0 fully saturated rings. The molecule has 0 N–H and O–H groups in total. The minimum absolute atomic E-state index is 0. The molecule has 0 aromatic rings. The first-order chi connectivity index (χ1) is 0. The molecule has 0 aromatic heterocycles. The van der Waals surface area contributed by atoms with E-state index in [-0.39, 0.29) is 76.8 Å². The third-order valence-electron chi connectivity index (χ3n) is 0. The van der Waals surface area contributed by atoms with Crippen LogP contribution in [0.4, 0.5) is 0 Å². The summed E-state index contributed by atoms with van der Waals surface area (Å²) in [6.07, 6.45) is 0. The molecule has 0 nitrogen and oxygen atoms in total. The van der Waals surface area contributed by atoms with E-state index in [1.165, 1.54) is 0 Å². The quantitative estimate of drug-likeness (QED) is 0.543. The van der Waals surface area contributed by atoms with Gasteiger partial charge in [-0.15, -0.1) is 0 Å². The van der Waals surface area contributed by atoms with Gasteiger partial charge in [-0.2, -0.15) is 0 Å². The molecule has 1 radical (unpaired) electrons. The fourth-order valence-corrected chi connectivity index (χ4v) is 0. The summed E-state index contributed by atoms with van der Waals surface area (Å²) in [5, 5.41) is 0. The minimum atomic E-state index is 0. The molecule has 0 aromatic carbocycles. The van der Waals surface area contributed by atoms with Gasteiger partial charge >= 0.3 is 0 Å². The molecule has 0 aliphatic heterocycles. The van der Waals surface area contributed by atoms with Crippen molar-refractivity contribution in [3.05, 3.63) is 0 Å². The largest absolute Gasteiger partial charge is 0 e. The van der Waals surface area contributed by atoms with Crippen LogP contribution in [-0.2, 0) is 76.8 Å². The van der Waals surface area contributed by atoms with Crippen molar-refractivity contribution in [2.75, 3.05) is 0 Å². The molecule has 0 aliphatic rings. The molecule has 0 aliphatic carbocycles. The number of hydrogen-bond acceptors (Lipinski definition) is 0. The molecule has 0 bridgehead atoms. The topological polar surface area (TPSA) is 0 Å². The Kier molecular flexibility index (Phi) is 146. The molecule has 0 rings (SSSR count). The molecule has 33 valence electrons. The summed E-state index contributed by atoms with van der Waals surface area (Å²) in [4.78, 5) is 0. The Morgan fingerprint density at radius 3 is 1.00 bits per heavy atom. The Balaban J connectivity index is 0. The van der Waals surface area contributed by atoms with Crippen LogP contribution in [0.15, 0.2) is 0 Å². The monoisotopic (exact) mass is 267 g/mol. The average Bonchev–Trinajstić information content (AvgIpc) is 0. The van der Waals surface area contributed by atoms with Crippen molar-refractivity contribution in [2.45, 2.75) is 0 Å². The zero-order valence-electron chi connectivity index (χ0n) is 1.47. The predicted octanol–water partition coefficient (Wildman–Crippen LogP) is -0.0100. The van der Waals surface area contributed by atoms with Gasteiger partial charge in [0.25, 0.3) is 0 Å². The third kappa shape index (κ3) is 8.83. The zero-order valence-corrected chi connectivity index (χ0v) is 6.96. The van der Waals surface area contributed by atoms with Gasteiger partial charge in [-0.1, -0.05) is 0 Å². The molecule has 0 spiro atoms. The van der Waals surface area contributed by atoms with E-state index in [1.807, 2.05) is 0 Å². The van der Waals surface area contributed by atoms with Gasteiger partial charge in [-0.3, -0.25) is 0 Å². The second-order valence-corrected chi connectivity index (χ2v) is 0. The summed E-state index contributed by atoms with van der Waals surface area (Å²) in [6.45, 7) is 0. The van der Waals surface area contributed by atoms with Gasteiger partial charge in [0.05, 0.1) is 0 Å². The molecule has 0 saturated heterocycles. The average molecular weight is 269 g/mol. The maximum atomic E-state index is 0. The van der Waals surface area contributed by atoms with Crippen LogP contribution in [0.5, 0.6) is 0 Å². The maximum Gasteiger partial charge on any atom is 0 e. The Bertz CT molecular complexity index is 8.00. The van der Waals surface area contributed by atoms with Gasteiger partial charge in [0.15, 0.2) is 0 Å². The molecule has 0 heterocycles. The van der Waals surface area contributed by atoms with Crippen molar-refractivity contribution in [1.82, 2.24) is 0 Å². The van der Waals surface area contributed by atoms with E-state index in [4.69, 9.17) is 0 Å². The van der Waals surface area contributed by atoms with Crippen molar-refractivity contribution in [3.63, 3.8) is 0 Å². The molecular weight excluding hydrogens is 269 g/mol. The summed E-state index contributed by atoms with van der Waals surface area (Å²) < 4.78 is 0. The first-order valence-electron chi connectivity index (χ1n) is 0. The van der Waals surface area contributed by atoms with Crippen molar-refractivity contribution in [2.24, 2.45) is 0 Å². The summed E-state index contributed by atoms with van der Waals surface area (Å²) in [5.41, 5.74) is 0. The number of hydrogen-bond donors (Lipinski definition) is 0. The fraction of sp³-hybridized carbons (Fsp3) is 0. The summed E-state index contributed by atoms with van der Waals surface area (Å²) in [5.74, 6) is 0. The first-order valence-corrected chi connectivity index (χ1v) is 0. The fourth-order valence-electron chi connectivity index (χ4n) is 0. The van der Waals surface area contributed by atoms with E-state index < -0.39 is 0 Å². The Morgan fingerprint density at radius 1 is 1.00 bits per heavy atom. The molecule has 4 heavy (non-hydrogen) atoms.